The Labute approximate surface area is 156 Å². The lowest BCUT2D eigenvalue weighted by atomic mass is 10.1. The molecule has 1 amide bonds. The Bertz CT molecular complexity index is 1010. The number of carbonyl (C=O) groups is 1. The van der Waals surface area contributed by atoms with E-state index < -0.39 is 0 Å². The number of ether oxygens (including phenoxy) is 2. The Morgan fingerprint density at radius 1 is 1.11 bits per heavy atom. The van der Waals surface area contributed by atoms with Crippen LogP contribution in [-0.4, -0.2) is 41.5 Å². The second-order valence-corrected chi connectivity index (χ2v) is 5.95. The second-order valence-electron chi connectivity index (χ2n) is 5.95. The van der Waals surface area contributed by atoms with Gasteiger partial charge in [-0.05, 0) is 31.2 Å². The van der Waals surface area contributed by atoms with E-state index in [2.05, 4.69) is 9.97 Å². The van der Waals surface area contributed by atoms with Crippen LogP contribution in [-0.2, 0) is 6.54 Å². The van der Waals surface area contributed by atoms with Gasteiger partial charge in [0, 0.05) is 18.2 Å². The highest BCUT2D eigenvalue weighted by atomic mass is 16.5. The summed E-state index contributed by atoms with van der Waals surface area (Å²) in [5, 5.41) is 0.521. The van der Waals surface area contributed by atoms with Crippen molar-refractivity contribution in [2.45, 2.75) is 13.5 Å². The zero-order valence-electron chi connectivity index (χ0n) is 15.5. The van der Waals surface area contributed by atoms with Crippen molar-refractivity contribution in [2.24, 2.45) is 0 Å². The number of rotatable bonds is 6. The molecule has 1 N–H and O–H groups in total. The smallest absolute Gasteiger partial charge is 0.258 e. The van der Waals surface area contributed by atoms with Gasteiger partial charge in [0.15, 0.2) is 0 Å². The average molecular weight is 367 g/mol. The molecule has 3 rings (SSSR count). The molecule has 0 fully saturated rings. The van der Waals surface area contributed by atoms with Crippen LogP contribution in [0.1, 0.15) is 23.1 Å². The van der Waals surface area contributed by atoms with Gasteiger partial charge < -0.3 is 19.4 Å². The third-order valence-corrected chi connectivity index (χ3v) is 4.27. The summed E-state index contributed by atoms with van der Waals surface area (Å²) in [4.78, 5) is 34.0. The summed E-state index contributed by atoms with van der Waals surface area (Å²) < 4.78 is 10.5. The third kappa shape index (κ3) is 3.92. The van der Waals surface area contributed by atoms with E-state index in [9.17, 15) is 9.59 Å². The molecular formula is C20H21N3O4. The number of H-pyrrole nitrogens is 1. The summed E-state index contributed by atoms with van der Waals surface area (Å²) in [6.45, 7) is 2.51. The van der Waals surface area contributed by atoms with Crippen LogP contribution < -0.4 is 15.0 Å². The highest BCUT2D eigenvalue weighted by Crippen LogP contribution is 2.23. The molecule has 2 aromatic carbocycles. The van der Waals surface area contributed by atoms with Gasteiger partial charge >= 0.3 is 0 Å². The first kappa shape index (κ1) is 18.4. The molecule has 3 aromatic rings. The van der Waals surface area contributed by atoms with Gasteiger partial charge in [-0.1, -0.05) is 12.1 Å². The second kappa shape index (κ2) is 7.90. The number of methoxy groups -OCH3 is 2. The number of nitrogens with one attached hydrogen (secondary N) is 1. The number of benzene rings is 2. The number of hydrogen-bond acceptors (Lipinski definition) is 5. The first-order chi connectivity index (χ1) is 13.0. The molecular weight excluding hydrogens is 346 g/mol. The highest BCUT2D eigenvalue weighted by molar-refractivity contribution is 5.95. The van der Waals surface area contributed by atoms with E-state index >= 15 is 0 Å². The Kier molecular flexibility index (Phi) is 5.40. The molecule has 27 heavy (non-hydrogen) atoms. The molecule has 7 nitrogen and oxygen atoms in total. The van der Waals surface area contributed by atoms with E-state index in [0.29, 0.717) is 40.3 Å². The topological polar surface area (TPSA) is 84.5 Å². The van der Waals surface area contributed by atoms with E-state index in [4.69, 9.17) is 9.47 Å². The van der Waals surface area contributed by atoms with Crippen molar-refractivity contribution in [1.29, 1.82) is 0 Å². The standard InChI is InChI=1S/C20H21N3O4/c1-4-23(20(25)13-9-14(26-2)11-15(10-13)27-3)12-18-21-17-8-6-5-7-16(17)19(24)22-18/h5-11H,4,12H2,1-3H3,(H,21,22,24). The molecule has 0 radical (unpaired) electrons. The quantitative estimate of drug-likeness (QED) is 0.724. The highest BCUT2D eigenvalue weighted by Gasteiger charge is 2.18. The molecule has 0 saturated heterocycles. The number of nitrogens with zero attached hydrogens (tertiary/aromatic N) is 2. The zero-order chi connectivity index (χ0) is 19.4. The van der Waals surface area contributed by atoms with Crippen LogP contribution in [0, 0.1) is 0 Å². The number of hydrogen-bond donors (Lipinski definition) is 1. The minimum Gasteiger partial charge on any atom is -0.497 e. The van der Waals surface area contributed by atoms with Crippen molar-refractivity contribution < 1.29 is 14.3 Å². The summed E-state index contributed by atoms with van der Waals surface area (Å²) in [7, 11) is 3.06. The maximum absolute atomic E-state index is 13.0. The molecule has 0 aliphatic heterocycles. The van der Waals surface area contributed by atoms with Crippen LogP contribution in [0.2, 0.25) is 0 Å². The van der Waals surface area contributed by atoms with E-state index in [0.717, 1.165) is 0 Å². The van der Waals surface area contributed by atoms with Crippen molar-refractivity contribution in [1.82, 2.24) is 14.9 Å². The summed E-state index contributed by atoms with van der Waals surface area (Å²) in [5.41, 5.74) is 0.820. The molecule has 0 atom stereocenters. The molecule has 0 unspecified atom stereocenters. The lowest BCUT2D eigenvalue weighted by Gasteiger charge is -2.21. The van der Waals surface area contributed by atoms with Crippen LogP contribution in [0.15, 0.2) is 47.3 Å². The van der Waals surface area contributed by atoms with Crippen molar-refractivity contribution in [3.63, 3.8) is 0 Å². The monoisotopic (exact) mass is 367 g/mol. The average Bonchev–Trinajstić information content (AvgIpc) is 2.71. The maximum atomic E-state index is 13.0. The van der Waals surface area contributed by atoms with Crippen LogP contribution in [0.3, 0.4) is 0 Å². The van der Waals surface area contributed by atoms with Crippen LogP contribution in [0.4, 0.5) is 0 Å². The summed E-state index contributed by atoms with van der Waals surface area (Å²) in [6.07, 6.45) is 0. The van der Waals surface area contributed by atoms with Crippen LogP contribution in [0.25, 0.3) is 10.9 Å². The van der Waals surface area contributed by atoms with Crippen molar-refractivity contribution in [2.75, 3.05) is 20.8 Å². The number of carbonyl (C=O) groups excluding carboxylic acids is 1. The van der Waals surface area contributed by atoms with Crippen LogP contribution in [0.5, 0.6) is 11.5 Å². The van der Waals surface area contributed by atoms with Gasteiger partial charge in [0.2, 0.25) is 0 Å². The van der Waals surface area contributed by atoms with Gasteiger partial charge in [-0.2, -0.15) is 0 Å². The van der Waals surface area contributed by atoms with E-state index in [1.165, 1.54) is 14.2 Å². The summed E-state index contributed by atoms with van der Waals surface area (Å²) >= 11 is 0. The molecule has 0 bridgehead atoms. The molecule has 0 saturated carbocycles. The Balaban J connectivity index is 1.91. The summed E-state index contributed by atoms with van der Waals surface area (Å²) in [6, 6.07) is 12.1. The maximum Gasteiger partial charge on any atom is 0.258 e. The molecule has 1 aromatic heterocycles. The minimum absolute atomic E-state index is 0.189. The molecule has 0 spiro atoms. The molecule has 140 valence electrons. The Hall–Kier alpha value is -3.35. The fourth-order valence-corrected chi connectivity index (χ4v) is 2.83. The van der Waals surface area contributed by atoms with Gasteiger partial charge in [-0.25, -0.2) is 4.98 Å². The minimum atomic E-state index is -0.220. The molecule has 1 heterocycles. The largest absolute Gasteiger partial charge is 0.497 e. The molecule has 0 aliphatic rings. The van der Waals surface area contributed by atoms with Gasteiger partial charge in [-0.15, -0.1) is 0 Å². The van der Waals surface area contributed by atoms with Crippen molar-refractivity contribution >= 4 is 16.8 Å². The number of aromatic nitrogens is 2. The van der Waals surface area contributed by atoms with Crippen molar-refractivity contribution in [3.8, 4) is 11.5 Å². The lowest BCUT2D eigenvalue weighted by molar-refractivity contribution is 0.0747. The fourth-order valence-electron chi connectivity index (χ4n) is 2.83. The van der Waals surface area contributed by atoms with Crippen molar-refractivity contribution in [3.05, 3.63) is 64.2 Å². The molecule has 7 heteroatoms. The number of fused-ring (bicyclic) bond motifs is 1. The lowest BCUT2D eigenvalue weighted by Crippen LogP contribution is -2.32. The predicted octanol–water partition coefficient (Wildman–Crippen LogP) is 2.60. The molecule has 0 aliphatic carbocycles. The number of aromatic amines is 1. The predicted molar refractivity (Wildman–Crippen MR) is 102 cm³/mol. The van der Waals surface area contributed by atoms with Gasteiger partial charge in [-0.3, -0.25) is 9.59 Å². The van der Waals surface area contributed by atoms with E-state index in [1.54, 1.807) is 41.3 Å². The number of para-hydroxylation sites is 1. The first-order valence-corrected chi connectivity index (χ1v) is 8.56. The summed E-state index contributed by atoms with van der Waals surface area (Å²) in [5.74, 6) is 1.30. The zero-order valence-corrected chi connectivity index (χ0v) is 15.5. The normalized spacial score (nSPS) is 10.6. The third-order valence-electron chi connectivity index (χ3n) is 4.27. The van der Waals surface area contributed by atoms with Gasteiger partial charge in [0.05, 0.1) is 31.7 Å². The number of amides is 1. The van der Waals surface area contributed by atoms with Gasteiger partial charge in [0.1, 0.15) is 17.3 Å². The Morgan fingerprint density at radius 3 is 2.41 bits per heavy atom. The SMILES string of the molecule is CCN(Cc1nc2ccccc2c(=O)[nH]1)C(=O)c1cc(OC)cc(OC)c1. The van der Waals surface area contributed by atoms with E-state index in [-0.39, 0.29) is 18.0 Å². The fraction of sp³-hybridized carbons (Fsp3) is 0.250. The van der Waals surface area contributed by atoms with Gasteiger partial charge in [0.25, 0.3) is 11.5 Å². The van der Waals surface area contributed by atoms with E-state index in [1.807, 2.05) is 13.0 Å². The first-order valence-electron chi connectivity index (χ1n) is 8.56. The van der Waals surface area contributed by atoms with Crippen LogP contribution >= 0.6 is 0 Å². The Morgan fingerprint density at radius 2 is 1.78 bits per heavy atom.